The van der Waals surface area contributed by atoms with E-state index < -0.39 is 0 Å². The maximum absolute atomic E-state index is 12.2. The van der Waals surface area contributed by atoms with Crippen LogP contribution in [0.25, 0.3) is 0 Å². The molecule has 1 amide bonds. The molecule has 1 N–H and O–H groups in total. The predicted octanol–water partition coefficient (Wildman–Crippen LogP) is 2.94. The summed E-state index contributed by atoms with van der Waals surface area (Å²) in [6.45, 7) is 4.02. The molecular formula is C12H18ClN3OS. The summed E-state index contributed by atoms with van der Waals surface area (Å²) in [5.74, 6) is 0.133. The highest BCUT2D eigenvalue weighted by atomic mass is 35.5. The molecule has 1 aromatic rings. The topological polar surface area (TPSA) is 54.9 Å². The van der Waals surface area contributed by atoms with Crippen molar-refractivity contribution in [2.24, 2.45) is 0 Å². The average molecular weight is 288 g/mol. The predicted molar refractivity (Wildman–Crippen MR) is 73.4 cm³/mol. The first kappa shape index (κ1) is 13.7. The number of carbonyl (C=O) groups excluding carboxylic acids is 1. The summed E-state index contributed by atoms with van der Waals surface area (Å²) in [6, 6.07) is 0.0787. The first-order valence-corrected chi connectivity index (χ1v) is 7.57. The number of nitrogens with one attached hydrogen (secondary N) is 1. The van der Waals surface area contributed by atoms with Crippen LogP contribution in [0, 0.1) is 0 Å². The van der Waals surface area contributed by atoms with Crippen LogP contribution in [-0.4, -0.2) is 26.9 Å². The van der Waals surface area contributed by atoms with Crippen LogP contribution < -0.4 is 5.32 Å². The van der Waals surface area contributed by atoms with E-state index in [9.17, 15) is 4.79 Å². The van der Waals surface area contributed by atoms with Gasteiger partial charge in [0.1, 0.15) is 4.88 Å². The molecule has 0 aromatic carbocycles. The molecule has 0 radical (unpaired) electrons. The van der Waals surface area contributed by atoms with Crippen LogP contribution in [0.2, 0.25) is 0 Å². The zero-order valence-corrected chi connectivity index (χ0v) is 12.2. The Hall–Kier alpha value is -0.680. The molecule has 1 heterocycles. The van der Waals surface area contributed by atoms with E-state index in [0.717, 1.165) is 42.9 Å². The average Bonchev–Trinajstić information content (AvgIpc) is 2.81. The molecule has 2 atom stereocenters. The Morgan fingerprint density at radius 1 is 1.44 bits per heavy atom. The van der Waals surface area contributed by atoms with Gasteiger partial charge in [-0.15, -0.1) is 16.7 Å². The van der Waals surface area contributed by atoms with Crippen LogP contribution in [0.1, 0.15) is 60.8 Å². The molecule has 6 heteroatoms. The van der Waals surface area contributed by atoms with Crippen molar-refractivity contribution in [2.75, 3.05) is 0 Å². The summed E-state index contributed by atoms with van der Waals surface area (Å²) in [5, 5.41) is 7.10. The third-order valence-electron chi connectivity index (χ3n) is 3.26. The number of rotatable bonds is 3. The molecule has 1 saturated carbocycles. The molecular weight excluding hydrogens is 270 g/mol. The van der Waals surface area contributed by atoms with Crippen molar-refractivity contribution < 1.29 is 4.79 Å². The number of alkyl halides is 1. The summed E-state index contributed by atoms with van der Waals surface area (Å²) in [5.41, 5.74) is 0.777. The Kier molecular flexibility index (Phi) is 4.56. The van der Waals surface area contributed by atoms with E-state index in [-0.39, 0.29) is 23.2 Å². The van der Waals surface area contributed by atoms with E-state index in [1.165, 1.54) is 0 Å². The van der Waals surface area contributed by atoms with Gasteiger partial charge in [0.2, 0.25) is 0 Å². The standard InChI is InChI=1S/C12H18ClN3OS/c1-7(2)10-11(18-16-15-10)12(17)14-9-6-4-3-5-8(9)13/h7-9H,3-6H2,1-2H3,(H,14,17). The van der Waals surface area contributed by atoms with Crippen LogP contribution >= 0.6 is 23.1 Å². The lowest BCUT2D eigenvalue weighted by molar-refractivity contribution is 0.0931. The Balaban J connectivity index is 2.05. The van der Waals surface area contributed by atoms with Crippen molar-refractivity contribution in [3.8, 4) is 0 Å². The smallest absolute Gasteiger partial charge is 0.265 e. The summed E-state index contributed by atoms with van der Waals surface area (Å²) in [7, 11) is 0. The second-order valence-electron chi connectivity index (χ2n) is 5.02. The molecule has 1 aromatic heterocycles. The van der Waals surface area contributed by atoms with Gasteiger partial charge in [-0.1, -0.05) is 31.2 Å². The molecule has 0 aliphatic heterocycles. The second kappa shape index (κ2) is 5.97. The van der Waals surface area contributed by atoms with Crippen molar-refractivity contribution >= 4 is 29.0 Å². The SMILES string of the molecule is CC(C)c1nnsc1C(=O)NC1CCCCC1Cl. The first-order chi connectivity index (χ1) is 8.59. The Labute approximate surface area is 116 Å². The van der Waals surface area contributed by atoms with E-state index in [2.05, 4.69) is 14.9 Å². The zero-order chi connectivity index (χ0) is 13.1. The molecule has 1 aliphatic rings. The molecule has 0 spiro atoms. The van der Waals surface area contributed by atoms with Gasteiger partial charge in [0, 0.05) is 6.04 Å². The number of hydrogen-bond donors (Lipinski definition) is 1. The van der Waals surface area contributed by atoms with Crippen LogP contribution in [0.15, 0.2) is 0 Å². The Morgan fingerprint density at radius 2 is 2.17 bits per heavy atom. The number of hydrogen-bond acceptors (Lipinski definition) is 4. The number of aromatic nitrogens is 2. The Morgan fingerprint density at radius 3 is 2.83 bits per heavy atom. The molecule has 2 unspecified atom stereocenters. The van der Waals surface area contributed by atoms with Crippen molar-refractivity contribution in [2.45, 2.75) is 56.9 Å². The number of nitrogens with zero attached hydrogens (tertiary/aromatic N) is 2. The molecule has 2 rings (SSSR count). The fourth-order valence-electron chi connectivity index (χ4n) is 2.21. The minimum atomic E-state index is -0.0775. The highest BCUT2D eigenvalue weighted by Gasteiger charge is 2.27. The molecule has 1 aliphatic carbocycles. The van der Waals surface area contributed by atoms with Gasteiger partial charge in [-0.2, -0.15) is 0 Å². The van der Waals surface area contributed by atoms with Crippen molar-refractivity contribution in [1.29, 1.82) is 0 Å². The fourth-order valence-corrected chi connectivity index (χ4v) is 3.28. The van der Waals surface area contributed by atoms with E-state index in [0.29, 0.717) is 4.88 Å². The van der Waals surface area contributed by atoms with Gasteiger partial charge in [-0.25, -0.2) is 0 Å². The van der Waals surface area contributed by atoms with E-state index in [4.69, 9.17) is 11.6 Å². The second-order valence-corrected chi connectivity index (χ2v) is 6.34. The largest absolute Gasteiger partial charge is 0.347 e. The maximum Gasteiger partial charge on any atom is 0.265 e. The lowest BCUT2D eigenvalue weighted by Gasteiger charge is -2.27. The Bertz CT molecular complexity index is 421. The van der Waals surface area contributed by atoms with Crippen molar-refractivity contribution in [1.82, 2.24) is 14.9 Å². The highest BCUT2D eigenvalue weighted by molar-refractivity contribution is 7.08. The lowest BCUT2D eigenvalue weighted by atomic mass is 9.95. The van der Waals surface area contributed by atoms with Crippen molar-refractivity contribution in [3.05, 3.63) is 10.6 Å². The summed E-state index contributed by atoms with van der Waals surface area (Å²) < 4.78 is 3.87. The van der Waals surface area contributed by atoms with Gasteiger partial charge >= 0.3 is 0 Å². The van der Waals surface area contributed by atoms with Crippen molar-refractivity contribution in [3.63, 3.8) is 0 Å². The summed E-state index contributed by atoms with van der Waals surface area (Å²) in [4.78, 5) is 12.8. The van der Waals surface area contributed by atoms with Crippen LogP contribution in [-0.2, 0) is 0 Å². The van der Waals surface area contributed by atoms with Gasteiger partial charge in [0.05, 0.1) is 11.1 Å². The molecule has 18 heavy (non-hydrogen) atoms. The van der Waals surface area contributed by atoms with Gasteiger partial charge in [0.15, 0.2) is 0 Å². The third kappa shape index (κ3) is 3.01. The molecule has 100 valence electrons. The van der Waals surface area contributed by atoms with Gasteiger partial charge in [-0.3, -0.25) is 4.79 Å². The van der Waals surface area contributed by atoms with Gasteiger partial charge < -0.3 is 5.32 Å². The minimum absolute atomic E-state index is 0.0473. The van der Waals surface area contributed by atoms with Crippen LogP contribution in [0.3, 0.4) is 0 Å². The van der Waals surface area contributed by atoms with Gasteiger partial charge in [0.25, 0.3) is 5.91 Å². The van der Waals surface area contributed by atoms with Crippen LogP contribution in [0.5, 0.6) is 0 Å². The van der Waals surface area contributed by atoms with Crippen LogP contribution in [0.4, 0.5) is 0 Å². The normalized spacial score (nSPS) is 24.2. The monoisotopic (exact) mass is 287 g/mol. The molecule has 1 fully saturated rings. The van der Waals surface area contributed by atoms with E-state index in [1.807, 2.05) is 13.8 Å². The highest BCUT2D eigenvalue weighted by Crippen LogP contribution is 2.25. The number of halogens is 1. The summed E-state index contributed by atoms with van der Waals surface area (Å²) >= 11 is 7.41. The minimum Gasteiger partial charge on any atom is -0.347 e. The number of carbonyl (C=O) groups is 1. The van der Waals surface area contributed by atoms with E-state index in [1.54, 1.807) is 0 Å². The molecule has 0 bridgehead atoms. The van der Waals surface area contributed by atoms with Gasteiger partial charge in [-0.05, 0) is 30.3 Å². The first-order valence-electron chi connectivity index (χ1n) is 6.36. The maximum atomic E-state index is 12.2. The zero-order valence-electron chi connectivity index (χ0n) is 10.6. The quantitative estimate of drug-likeness (QED) is 0.870. The molecule has 4 nitrogen and oxygen atoms in total. The summed E-state index contributed by atoms with van der Waals surface area (Å²) in [6.07, 6.45) is 4.22. The molecule has 0 saturated heterocycles. The lowest BCUT2D eigenvalue weighted by Crippen LogP contribution is -2.42. The third-order valence-corrected chi connectivity index (χ3v) is 4.53. The number of amides is 1. The van der Waals surface area contributed by atoms with E-state index >= 15 is 0 Å². The fraction of sp³-hybridized carbons (Fsp3) is 0.750.